The number of piperidine rings is 1. The molecule has 0 aliphatic carbocycles. The van der Waals surface area contributed by atoms with E-state index >= 15 is 0 Å². The van der Waals surface area contributed by atoms with E-state index in [0.29, 0.717) is 4.96 Å². The monoisotopic (exact) mass is 358 g/mol. The number of benzene rings is 1. The lowest BCUT2D eigenvalue weighted by Crippen LogP contribution is -2.36. The summed E-state index contributed by atoms with van der Waals surface area (Å²) in [6, 6.07) is 7.99. The molecule has 6 nitrogen and oxygen atoms in total. The van der Waals surface area contributed by atoms with Crippen molar-refractivity contribution in [2.75, 3.05) is 20.2 Å². The second kappa shape index (κ2) is 6.65. The van der Waals surface area contributed by atoms with Crippen molar-refractivity contribution in [3.63, 3.8) is 0 Å². The Labute approximate surface area is 150 Å². The van der Waals surface area contributed by atoms with Crippen LogP contribution in [0.15, 0.2) is 30.6 Å². The topological polar surface area (TPSA) is 62.9 Å². The molecular formula is C18H22N4O2S. The van der Waals surface area contributed by atoms with Crippen molar-refractivity contribution in [2.45, 2.75) is 25.8 Å². The molecule has 0 amide bonds. The number of ether oxygens (including phenoxy) is 1. The smallest absolute Gasteiger partial charge is 0.230 e. The molecular weight excluding hydrogens is 336 g/mol. The number of aromatic hydroxyl groups is 1. The van der Waals surface area contributed by atoms with Gasteiger partial charge in [0.1, 0.15) is 12.1 Å². The van der Waals surface area contributed by atoms with E-state index in [9.17, 15) is 5.11 Å². The van der Waals surface area contributed by atoms with Gasteiger partial charge >= 0.3 is 0 Å². The molecule has 3 aromatic rings. The SMILES string of the molecule is COc1ccccc1C(c1sc2ncnn2c1O)N1CCC(C)CC1. The largest absolute Gasteiger partial charge is 0.496 e. The molecule has 0 spiro atoms. The Morgan fingerprint density at radius 2 is 2.04 bits per heavy atom. The number of rotatable bonds is 4. The van der Waals surface area contributed by atoms with Gasteiger partial charge in [0.25, 0.3) is 0 Å². The van der Waals surface area contributed by atoms with Gasteiger partial charge in [-0.25, -0.2) is 4.98 Å². The summed E-state index contributed by atoms with van der Waals surface area (Å²) in [4.78, 5) is 8.25. The number of likely N-dealkylation sites (tertiary alicyclic amines) is 1. The number of thiazole rings is 1. The van der Waals surface area contributed by atoms with Gasteiger partial charge in [-0.05, 0) is 37.9 Å². The van der Waals surface area contributed by atoms with Crippen molar-refractivity contribution < 1.29 is 9.84 Å². The third-order valence-corrected chi connectivity index (χ3v) is 6.09. The van der Waals surface area contributed by atoms with Crippen molar-refractivity contribution in [3.05, 3.63) is 41.0 Å². The van der Waals surface area contributed by atoms with Gasteiger partial charge in [0.15, 0.2) is 0 Å². The molecule has 1 aliphatic heterocycles. The minimum Gasteiger partial charge on any atom is -0.496 e. The van der Waals surface area contributed by atoms with Crippen LogP contribution in [0.1, 0.15) is 36.2 Å². The van der Waals surface area contributed by atoms with Gasteiger partial charge in [0, 0.05) is 5.56 Å². The Morgan fingerprint density at radius 1 is 1.28 bits per heavy atom. The van der Waals surface area contributed by atoms with Crippen molar-refractivity contribution in [1.29, 1.82) is 0 Å². The van der Waals surface area contributed by atoms with Crippen LogP contribution in [0.25, 0.3) is 4.96 Å². The maximum absolute atomic E-state index is 10.8. The highest BCUT2D eigenvalue weighted by molar-refractivity contribution is 7.17. The average molecular weight is 358 g/mol. The second-order valence-corrected chi connectivity index (χ2v) is 7.62. The van der Waals surface area contributed by atoms with Crippen molar-refractivity contribution >= 4 is 16.3 Å². The van der Waals surface area contributed by atoms with E-state index in [2.05, 4.69) is 28.0 Å². The van der Waals surface area contributed by atoms with E-state index in [4.69, 9.17) is 4.74 Å². The molecule has 1 atom stereocenters. The van der Waals surface area contributed by atoms with Crippen molar-refractivity contribution in [1.82, 2.24) is 19.5 Å². The lowest BCUT2D eigenvalue weighted by Gasteiger charge is -2.36. The number of para-hydroxylation sites is 1. The molecule has 1 N–H and O–H groups in total. The molecule has 132 valence electrons. The first-order valence-electron chi connectivity index (χ1n) is 8.57. The number of hydrogen-bond donors (Lipinski definition) is 1. The summed E-state index contributed by atoms with van der Waals surface area (Å²) in [6.07, 6.45) is 3.79. The minimum atomic E-state index is -0.0582. The van der Waals surface area contributed by atoms with Crippen LogP contribution in [0.4, 0.5) is 0 Å². The predicted molar refractivity (Wildman–Crippen MR) is 97.3 cm³/mol. The third kappa shape index (κ3) is 2.87. The summed E-state index contributed by atoms with van der Waals surface area (Å²) in [5.41, 5.74) is 1.07. The molecule has 0 radical (unpaired) electrons. The third-order valence-electron chi connectivity index (χ3n) is 5.00. The summed E-state index contributed by atoms with van der Waals surface area (Å²) in [6.45, 7) is 4.30. The van der Waals surface area contributed by atoms with Gasteiger partial charge in [-0.2, -0.15) is 9.61 Å². The molecule has 1 aliphatic rings. The Balaban J connectivity index is 1.83. The molecule has 0 bridgehead atoms. The van der Waals surface area contributed by atoms with E-state index in [-0.39, 0.29) is 11.9 Å². The zero-order chi connectivity index (χ0) is 17.4. The number of methoxy groups -OCH3 is 1. The van der Waals surface area contributed by atoms with Crippen LogP contribution in [0, 0.1) is 5.92 Å². The average Bonchev–Trinajstić information content (AvgIpc) is 3.21. The maximum atomic E-state index is 10.8. The highest BCUT2D eigenvalue weighted by atomic mass is 32.1. The van der Waals surface area contributed by atoms with E-state index in [1.807, 2.05) is 18.2 Å². The number of fused-ring (bicyclic) bond motifs is 1. The minimum absolute atomic E-state index is 0.0582. The molecule has 0 saturated carbocycles. The zero-order valence-electron chi connectivity index (χ0n) is 14.4. The maximum Gasteiger partial charge on any atom is 0.230 e. The summed E-state index contributed by atoms with van der Waals surface area (Å²) >= 11 is 1.49. The predicted octanol–water partition coefficient (Wildman–Crippen LogP) is 3.33. The van der Waals surface area contributed by atoms with Crippen LogP contribution in [0.2, 0.25) is 0 Å². The van der Waals surface area contributed by atoms with Crippen LogP contribution < -0.4 is 4.74 Å². The molecule has 2 aromatic heterocycles. The summed E-state index contributed by atoms with van der Waals surface area (Å²) in [7, 11) is 1.69. The molecule has 4 rings (SSSR count). The Hall–Kier alpha value is -2.12. The van der Waals surface area contributed by atoms with Gasteiger partial charge < -0.3 is 9.84 Å². The van der Waals surface area contributed by atoms with Crippen molar-refractivity contribution in [3.8, 4) is 11.6 Å². The second-order valence-electron chi connectivity index (χ2n) is 6.61. The molecule has 1 aromatic carbocycles. The normalized spacial score (nSPS) is 17.8. The van der Waals surface area contributed by atoms with Crippen LogP contribution in [0.3, 0.4) is 0 Å². The molecule has 25 heavy (non-hydrogen) atoms. The molecule has 1 fully saturated rings. The van der Waals surface area contributed by atoms with Gasteiger partial charge in [-0.3, -0.25) is 4.90 Å². The Morgan fingerprint density at radius 3 is 2.76 bits per heavy atom. The van der Waals surface area contributed by atoms with Crippen molar-refractivity contribution in [2.24, 2.45) is 5.92 Å². The van der Waals surface area contributed by atoms with Crippen LogP contribution in [0.5, 0.6) is 11.6 Å². The Kier molecular flexibility index (Phi) is 4.35. The lowest BCUT2D eigenvalue weighted by atomic mass is 9.95. The van der Waals surface area contributed by atoms with E-state index in [1.54, 1.807) is 7.11 Å². The molecule has 1 saturated heterocycles. The first kappa shape index (κ1) is 16.4. The first-order valence-corrected chi connectivity index (χ1v) is 9.39. The Bertz CT molecular complexity index is 867. The number of aromatic nitrogens is 3. The standard InChI is InChI=1S/C18H22N4O2S/c1-12-7-9-21(10-8-12)15(13-5-3-4-6-14(13)24-2)16-17(23)22-18(25-16)19-11-20-22/h3-6,11-12,15,23H,7-10H2,1-2H3. The van der Waals surface area contributed by atoms with Gasteiger partial charge in [0.2, 0.25) is 10.8 Å². The highest BCUT2D eigenvalue weighted by Gasteiger charge is 2.32. The number of nitrogens with zero attached hydrogens (tertiary/aromatic N) is 4. The number of hydrogen-bond acceptors (Lipinski definition) is 6. The quantitative estimate of drug-likeness (QED) is 0.775. The van der Waals surface area contributed by atoms with Gasteiger partial charge in [-0.15, -0.1) is 0 Å². The van der Waals surface area contributed by atoms with Gasteiger partial charge in [-0.1, -0.05) is 36.5 Å². The summed E-state index contributed by atoms with van der Waals surface area (Å²) in [5.74, 6) is 1.75. The van der Waals surface area contributed by atoms with E-state index in [1.165, 1.54) is 22.2 Å². The van der Waals surface area contributed by atoms with Crippen LogP contribution in [-0.4, -0.2) is 44.8 Å². The fraction of sp³-hybridized carbons (Fsp3) is 0.444. The summed E-state index contributed by atoms with van der Waals surface area (Å²) < 4.78 is 7.12. The molecule has 1 unspecified atom stereocenters. The molecule has 7 heteroatoms. The lowest BCUT2D eigenvalue weighted by molar-refractivity contribution is 0.155. The van der Waals surface area contributed by atoms with E-state index in [0.717, 1.165) is 48.0 Å². The zero-order valence-corrected chi connectivity index (χ0v) is 15.2. The fourth-order valence-electron chi connectivity index (χ4n) is 3.56. The summed E-state index contributed by atoms with van der Waals surface area (Å²) in [5, 5.41) is 14.9. The highest BCUT2D eigenvalue weighted by Crippen LogP contribution is 2.43. The van der Waals surface area contributed by atoms with E-state index < -0.39 is 0 Å². The van der Waals surface area contributed by atoms with Gasteiger partial charge in [0.05, 0.1) is 18.0 Å². The fourth-order valence-corrected chi connectivity index (χ4v) is 4.64. The van der Waals surface area contributed by atoms with Crippen LogP contribution in [-0.2, 0) is 0 Å². The first-order chi connectivity index (χ1) is 12.2. The molecule has 3 heterocycles. The van der Waals surface area contributed by atoms with Crippen LogP contribution >= 0.6 is 11.3 Å².